The summed E-state index contributed by atoms with van der Waals surface area (Å²) in [5.41, 5.74) is 4.07. The molecule has 0 N–H and O–H groups in total. The maximum absolute atomic E-state index is 13.0. The Labute approximate surface area is 226 Å². The van der Waals surface area contributed by atoms with Gasteiger partial charge in [0.25, 0.3) is 10.0 Å². The Kier molecular flexibility index (Phi) is 6.35. The number of hydrazone groups is 1. The molecule has 3 aliphatic rings. The predicted octanol–water partition coefficient (Wildman–Crippen LogP) is 4.48. The van der Waals surface area contributed by atoms with Gasteiger partial charge >= 0.3 is 0 Å². The lowest BCUT2D eigenvalue weighted by molar-refractivity contribution is -0.123. The zero-order valence-corrected chi connectivity index (χ0v) is 22.8. The van der Waals surface area contributed by atoms with Gasteiger partial charge in [0.15, 0.2) is 5.17 Å². The topological polar surface area (TPSA) is 100 Å². The van der Waals surface area contributed by atoms with Crippen molar-refractivity contribution < 1.29 is 13.2 Å². The molecule has 38 heavy (non-hydrogen) atoms. The number of fused-ring (bicyclic) bond motifs is 1. The van der Waals surface area contributed by atoms with Crippen LogP contribution < -0.4 is 5.01 Å². The first-order chi connectivity index (χ1) is 18.3. The molecule has 3 aromatic rings. The predicted molar refractivity (Wildman–Crippen MR) is 149 cm³/mol. The highest BCUT2D eigenvalue weighted by Crippen LogP contribution is 2.46. The standard InChI is InChI=1S/C27H28N6O3S2/c1-18-7-6-10-23-25(18)29-33(26(23)19-15-28-32(16-19)20-8-4-3-5-9-20)21-11-13-22(14-12-21)38(35,36)30-27-31(2)24(34)17-37-27/h3-5,8-9,11-16,18,23,26H,6-7,10,17H2,1-2H3/b30-27+. The van der Waals surface area contributed by atoms with Crippen molar-refractivity contribution >= 4 is 44.3 Å². The van der Waals surface area contributed by atoms with Gasteiger partial charge in [-0.05, 0) is 55.2 Å². The number of amidine groups is 1. The van der Waals surface area contributed by atoms with Crippen LogP contribution in [0.15, 0.2) is 81.4 Å². The second kappa shape index (κ2) is 9.70. The van der Waals surface area contributed by atoms with E-state index in [1.165, 1.54) is 17.7 Å². The largest absolute Gasteiger partial charge is 0.293 e. The first-order valence-electron chi connectivity index (χ1n) is 12.6. The summed E-state index contributed by atoms with van der Waals surface area (Å²) in [6.45, 7) is 2.23. The van der Waals surface area contributed by atoms with Crippen LogP contribution in [0.3, 0.4) is 0 Å². The van der Waals surface area contributed by atoms with Crippen LogP contribution in [0.5, 0.6) is 0 Å². The molecule has 1 aromatic heterocycles. The van der Waals surface area contributed by atoms with Gasteiger partial charge in [0, 0.05) is 30.4 Å². The van der Waals surface area contributed by atoms with Crippen molar-refractivity contribution in [3.05, 3.63) is 72.6 Å². The Morgan fingerprint density at radius 2 is 1.79 bits per heavy atom. The van der Waals surface area contributed by atoms with Crippen molar-refractivity contribution in [2.75, 3.05) is 17.8 Å². The summed E-state index contributed by atoms with van der Waals surface area (Å²) in [4.78, 5) is 13.1. The maximum atomic E-state index is 13.0. The fourth-order valence-corrected chi connectivity index (χ4v) is 7.56. The van der Waals surface area contributed by atoms with Crippen LogP contribution in [0.4, 0.5) is 5.69 Å². The molecular weight excluding hydrogens is 520 g/mol. The third-order valence-electron chi connectivity index (χ3n) is 7.45. The highest BCUT2D eigenvalue weighted by atomic mass is 32.2. The van der Waals surface area contributed by atoms with Gasteiger partial charge < -0.3 is 0 Å². The number of amides is 1. The number of hydrogen-bond donors (Lipinski definition) is 0. The molecule has 3 unspecified atom stereocenters. The number of carbonyl (C=O) groups is 1. The second-order valence-electron chi connectivity index (χ2n) is 9.89. The number of rotatable bonds is 5. The fourth-order valence-electron chi connectivity index (χ4n) is 5.40. The first kappa shape index (κ1) is 24.9. The maximum Gasteiger partial charge on any atom is 0.284 e. The molecule has 1 aliphatic carbocycles. The van der Waals surface area contributed by atoms with Crippen molar-refractivity contribution in [2.45, 2.75) is 37.1 Å². The molecule has 0 bridgehead atoms. The molecule has 1 saturated carbocycles. The molecule has 11 heteroatoms. The minimum Gasteiger partial charge on any atom is -0.293 e. The number of thioether (sulfide) groups is 1. The molecule has 3 atom stereocenters. The number of hydrogen-bond acceptors (Lipinski definition) is 7. The quantitative estimate of drug-likeness (QED) is 0.466. The van der Waals surface area contributed by atoms with Crippen molar-refractivity contribution in [2.24, 2.45) is 21.3 Å². The van der Waals surface area contributed by atoms with Crippen molar-refractivity contribution in [3.8, 4) is 5.69 Å². The summed E-state index contributed by atoms with van der Waals surface area (Å²) in [5.74, 6) is 0.699. The SMILES string of the molecule is CC1CCCC2C1=NN(c1ccc(S(=O)(=O)/N=C3/SCC(=O)N3C)cc1)C2c1cnn(-c2ccccc2)c1. The normalized spacial score (nSPS) is 24.7. The van der Waals surface area contributed by atoms with Crippen molar-refractivity contribution in [1.82, 2.24) is 14.7 Å². The van der Waals surface area contributed by atoms with E-state index in [4.69, 9.17) is 5.10 Å². The summed E-state index contributed by atoms with van der Waals surface area (Å²) in [6, 6.07) is 16.7. The highest BCUT2D eigenvalue weighted by molar-refractivity contribution is 8.15. The highest BCUT2D eigenvalue weighted by Gasteiger charge is 2.43. The fraction of sp³-hybridized carbons (Fsp3) is 0.333. The number of sulfonamides is 1. The van der Waals surface area contributed by atoms with Gasteiger partial charge in [0.05, 0.1) is 34.3 Å². The molecule has 196 valence electrons. The Bertz CT molecular complexity index is 1530. The van der Waals surface area contributed by atoms with E-state index in [0.29, 0.717) is 5.92 Å². The van der Waals surface area contributed by atoms with E-state index in [2.05, 4.69) is 22.6 Å². The molecule has 0 radical (unpaired) electrons. The lowest BCUT2D eigenvalue weighted by Crippen LogP contribution is -2.30. The average Bonchev–Trinajstić information content (AvgIpc) is 3.64. The van der Waals surface area contributed by atoms with E-state index in [-0.39, 0.29) is 33.7 Å². The lowest BCUT2D eigenvalue weighted by Gasteiger charge is -2.30. The molecule has 2 aromatic carbocycles. The van der Waals surface area contributed by atoms with Crippen molar-refractivity contribution in [1.29, 1.82) is 0 Å². The minimum atomic E-state index is -3.96. The van der Waals surface area contributed by atoms with Crippen LogP contribution in [0.25, 0.3) is 5.69 Å². The van der Waals surface area contributed by atoms with Gasteiger partial charge in [-0.2, -0.15) is 18.6 Å². The van der Waals surface area contributed by atoms with E-state index < -0.39 is 10.0 Å². The smallest absolute Gasteiger partial charge is 0.284 e. The minimum absolute atomic E-state index is 0.0255. The molecule has 1 amide bonds. The molecule has 3 heterocycles. The molecule has 9 nitrogen and oxygen atoms in total. The summed E-state index contributed by atoms with van der Waals surface area (Å²) < 4.78 is 31.7. The first-order valence-corrected chi connectivity index (χ1v) is 15.1. The van der Waals surface area contributed by atoms with E-state index in [1.54, 1.807) is 24.3 Å². The van der Waals surface area contributed by atoms with Crippen LogP contribution in [-0.4, -0.2) is 52.7 Å². The Morgan fingerprint density at radius 1 is 1.03 bits per heavy atom. The summed E-state index contributed by atoms with van der Waals surface area (Å²) in [6.07, 6.45) is 7.29. The monoisotopic (exact) mass is 548 g/mol. The zero-order chi connectivity index (χ0) is 26.4. The molecule has 2 fully saturated rings. The van der Waals surface area contributed by atoms with E-state index >= 15 is 0 Å². The number of benzene rings is 2. The zero-order valence-electron chi connectivity index (χ0n) is 21.1. The van der Waals surface area contributed by atoms with Crippen LogP contribution in [-0.2, 0) is 14.8 Å². The number of para-hydroxylation sites is 1. The van der Waals surface area contributed by atoms with Gasteiger partial charge in [-0.15, -0.1) is 4.40 Å². The Morgan fingerprint density at radius 3 is 2.50 bits per heavy atom. The Hall–Kier alpha value is -3.44. The van der Waals surface area contributed by atoms with E-state index in [1.807, 2.05) is 46.2 Å². The number of nitrogens with zero attached hydrogens (tertiary/aromatic N) is 6. The van der Waals surface area contributed by atoms with Gasteiger partial charge in [0.1, 0.15) is 0 Å². The number of aromatic nitrogens is 2. The summed E-state index contributed by atoms with van der Waals surface area (Å²) in [5, 5.41) is 11.9. The summed E-state index contributed by atoms with van der Waals surface area (Å²) in [7, 11) is -2.42. The molecule has 2 aliphatic heterocycles. The van der Waals surface area contributed by atoms with Crippen LogP contribution in [0.2, 0.25) is 0 Å². The molecule has 6 rings (SSSR count). The number of carbonyl (C=O) groups excluding carboxylic acids is 1. The van der Waals surface area contributed by atoms with Crippen LogP contribution in [0, 0.1) is 11.8 Å². The lowest BCUT2D eigenvalue weighted by atomic mass is 9.76. The third-order valence-corrected chi connectivity index (χ3v) is 9.86. The van der Waals surface area contributed by atoms with Crippen LogP contribution >= 0.6 is 11.8 Å². The van der Waals surface area contributed by atoms with Gasteiger partial charge in [0.2, 0.25) is 5.91 Å². The number of anilines is 1. The molecule has 1 saturated heterocycles. The van der Waals surface area contributed by atoms with Gasteiger partial charge in [-0.1, -0.05) is 43.3 Å². The Balaban J connectivity index is 1.33. The average molecular weight is 549 g/mol. The van der Waals surface area contributed by atoms with Gasteiger partial charge in [-0.3, -0.25) is 14.7 Å². The van der Waals surface area contributed by atoms with E-state index in [0.717, 1.165) is 48.0 Å². The molecule has 0 spiro atoms. The summed E-state index contributed by atoms with van der Waals surface area (Å²) >= 11 is 1.13. The van der Waals surface area contributed by atoms with Crippen LogP contribution in [0.1, 0.15) is 37.8 Å². The molecular formula is C27H28N6O3S2. The third kappa shape index (κ3) is 4.43. The second-order valence-corrected chi connectivity index (χ2v) is 12.4. The van der Waals surface area contributed by atoms with E-state index in [9.17, 15) is 13.2 Å². The van der Waals surface area contributed by atoms with Gasteiger partial charge in [-0.25, -0.2) is 4.68 Å². The van der Waals surface area contributed by atoms with Crippen molar-refractivity contribution in [3.63, 3.8) is 0 Å².